The van der Waals surface area contributed by atoms with Gasteiger partial charge in [0.05, 0.1) is 25.0 Å². The maximum atomic E-state index is 14.2. The van der Waals surface area contributed by atoms with Gasteiger partial charge in [-0.05, 0) is 6.07 Å². The van der Waals surface area contributed by atoms with Gasteiger partial charge in [-0.2, -0.15) is 0 Å². The Morgan fingerprint density at radius 3 is 2.67 bits per heavy atom. The summed E-state index contributed by atoms with van der Waals surface area (Å²) in [6.07, 6.45) is 0. The van der Waals surface area contributed by atoms with Crippen molar-refractivity contribution in [2.75, 3.05) is 49.7 Å². The molecule has 0 unspecified atom stereocenters. The number of nitrogens with one attached hydrogen (secondary N) is 1. The first kappa shape index (κ1) is 17.6. The Labute approximate surface area is 157 Å². The minimum Gasteiger partial charge on any atom is -0.497 e. The van der Waals surface area contributed by atoms with Crippen LogP contribution in [0.3, 0.4) is 0 Å². The van der Waals surface area contributed by atoms with E-state index in [1.54, 1.807) is 36.3 Å². The minimum absolute atomic E-state index is 0.0626. The van der Waals surface area contributed by atoms with Gasteiger partial charge in [-0.25, -0.2) is 4.39 Å². The number of halogens is 1. The lowest BCUT2D eigenvalue weighted by atomic mass is 10.1. The van der Waals surface area contributed by atoms with Crippen molar-refractivity contribution >= 4 is 17.3 Å². The predicted molar refractivity (Wildman–Crippen MR) is 101 cm³/mol. The topological polar surface area (TPSA) is 54.0 Å². The molecule has 2 aromatic carbocycles. The summed E-state index contributed by atoms with van der Waals surface area (Å²) < 4.78 is 25.4. The third-order valence-electron chi connectivity index (χ3n) is 4.93. The highest BCUT2D eigenvalue weighted by Crippen LogP contribution is 2.44. The lowest BCUT2D eigenvalue weighted by Gasteiger charge is -2.36. The number of hydrogen-bond acceptors (Lipinski definition) is 5. The number of rotatable bonds is 4. The van der Waals surface area contributed by atoms with Gasteiger partial charge in [0, 0.05) is 43.9 Å². The minimum atomic E-state index is -0.330. The largest absolute Gasteiger partial charge is 0.497 e. The van der Waals surface area contributed by atoms with Crippen molar-refractivity contribution in [3.05, 3.63) is 47.8 Å². The number of carbonyl (C=O) groups is 1. The number of methoxy groups -OCH3 is 1. The molecule has 0 aliphatic carbocycles. The third kappa shape index (κ3) is 3.42. The van der Waals surface area contributed by atoms with Gasteiger partial charge < -0.3 is 24.6 Å². The molecule has 0 bridgehead atoms. The zero-order valence-electron chi connectivity index (χ0n) is 15.2. The molecule has 1 amide bonds. The maximum Gasteiger partial charge on any atom is 0.265 e. The number of carbonyl (C=O) groups excluding carboxylic acids is 1. The fourth-order valence-corrected chi connectivity index (χ4v) is 3.50. The van der Waals surface area contributed by atoms with Gasteiger partial charge in [0.15, 0.2) is 12.4 Å². The Kier molecular flexibility index (Phi) is 4.85. The molecule has 4 rings (SSSR count). The standard InChI is InChI=1S/C20H22FN3O3/c1-26-15-10-17(23-8-6-22-7-9-23)20-18(11-15)24(19(25)13-27-20)12-14-4-2-3-5-16(14)21/h2-5,10-11,22H,6-9,12-13H2,1H3. The molecule has 0 spiro atoms. The van der Waals surface area contributed by atoms with Crippen LogP contribution >= 0.6 is 0 Å². The van der Waals surface area contributed by atoms with Crippen LogP contribution in [0.2, 0.25) is 0 Å². The fraction of sp³-hybridized carbons (Fsp3) is 0.350. The van der Waals surface area contributed by atoms with Gasteiger partial charge >= 0.3 is 0 Å². The van der Waals surface area contributed by atoms with Crippen molar-refractivity contribution in [2.45, 2.75) is 6.54 Å². The average Bonchev–Trinajstić information content (AvgIpc) is 2.71. The number of anilines is 2. The summed E-state index contributed by atoms with van der Waals surface area (Å²) in [5, 5.41) is 3.33. The summed E-state index contributed by atoms with van der Waals surface area (Å²) in [6.45, 7) is 3.52. The zero-order chi connectivity index (χ0) is 18.8. The molecule has 0 aromatic heterocycles. The Morgan fingerprint density at radius 1 is 1.19 bits per heavy atom. The quantitative estimate of drug-likeness (QED) is 0.893. The molecule has 2 heterocycles. The van der Waals surface area contributed by atoms with Crippen molar-refractivity contribution in [2.24, 2.45) is 0 Å². The second kappa shape index (κ2) is 7.44. The van der Waals surface area contributed by atoms with Crippen molar-refractivity contribution in [3.63, 3.8) is 0 Å². The van der Waals surface area contributed by atoms with Crippen LogP contribution in [0.4, 0.5) is 15.8 Å². The number of benzene rings is 2. The van der Waals surface area contributed by atoms with Gasteiger partial charge in [0.25, 0.3) is 5.91 Å². The first-order valence-corrected chi connectivity index (χ1v) is 9.01. The Balaban J connectivity index is 1.76. The van der Waals surface area contributed by atoms with Crippen LogP contribution in [0, 0.1) is 5.82 Å². The first-order valence-electron chi connectivity index (χ1n) is 9.01. The number of ether oxygens (including phenoxy) is 2. The Morgan fingerprint density at radius 2 is 1.93 bits per heavy atom. The zero-order valence-corrected chi connectivity index (χ0v) is 15.2. The summed E-state index contributed by atoms with van der Waals surface area (Å²) in [5.41, 5.74) is 1.98. The van der Waals surface area contributed by atoms with E-state index in [4.69, 9.17) is 9.47 Å². The van der Waals surface area contributed by atoms with E-state index >= 15 is 0 Å². The molecule has 142 valence electrons. The normalized spacial score (nSPS) is 16.7. The van der Waals surface area contributed by atoms with Gasteiger partial charge in [-0.15, -0.1) is 0 Å². The van der Waals surface area contributed by atoms with Crippen molar-refractivity contribution in [1.29, 1.82) is 0 Å². The number of hydrogen-bond donors (Lipinski definition) is 1. The second-order valence-corrected chi connectivity index (χ2v) is 6.59. The molecule has 6 nitrogen and oxygen atoms in total. The van der Waals surface area contributed by atoms with E-state index in [1.165, 1.54) is 6.07 Å². The predicted octanol–water partition coefficient (Wildman–Crippen LogP) is 2.17. The highest BCUT2D eigenvalue weighted by Gasteiger charge is 2.31. The number of amides is 1. The molecular formula is C20H22FN3O3. The highest BCUT2D eigenvalue weighted by atomic mass is 19.1. The van der Waals surface area contributed by atoms with Gasteiger partial charge in [-0.1, -0.05) is 18.2 Å². The van der Waals surface area contributed by atoms with Crippen LogP contribution in [0.15, 0.2) is 36.4 Å². The van der Waals surface area contributed by atoms with E-state index < -0.39 is 0 Å². The van der Waals surface area contributed by atoms with E-state index in [-0.39, 0.29) is 24.9 Å². The third-order valence-corrected chi connectivity index (χ3v) is 4.93. The van der Waals surface area contributed by atoms with Crippen LogP contribution in [0.1, 0.15) is 5.56 Å². The Bertz CT molecular complexity index is 852. The molecule has 2 aromatic rings. The molecule has 1 N–H and O–H groups in total. The van der Waals surface area contributed by atoms with E-state index in [1.807, 2.05) is 6.07 Å². The monoisotopic (exact) mass is 371 g/mol. The summed E-state index contributed by atoms with van der Waals surface area (Å²) in [4.78, 5) is 16.4. The molecule has 1 fully saturated rings. The van der Waals surface area contributed by atoms with Crippen LogP contribution in [0.25, 0.3) is 0 Å². The maximum absolute atomic E-state index is 14.2. The summed E-state index contributed by atoms with van der Waals surface area (Å²) in [7, 11) is 1.59. The molecule has 0 radical (unpaired) electrons. The average molecular weight is 371 g/mol. The van der Waals surface area contributed by atoms with Crippen LogP contribution in [-0.4, -0.2) is 45.8 Å². The molecule has 27 heavy (non-hydrogen) atoms. The van der Waals surface area contributed by atoms with E-state index in [2.05, 4.69) is 10.2 Å². The lowest BCUT2D eigenvalue weighted by Crippen LogP contribution is -2.44. The first-order chi connectivity index (χ1) is 13.2. The summed E-state index contributed by atoms with van der Waals surface area (Å²) >= 11 is 0. The molecule has 2 aliphatic heterocycles. The lowest BCUT2D eigenvalue weighted by molar-refractivity contribution is -0.121. The fourth-order valence-electron chi connectivity index (χ4n) is 3.50. The summed E-state index contributed by atoms with van der Waals surface area (Å²) in [6, 6.07) is 10.2. The molecule has 0 atom stereocenters. The summed E-state index contributed by atoms with van der Waals surface area (Å²) in [5.74, 6) is 0.751. The Hall–Kier alpha value is -2.80. The molecular weight excluding hydrogens is 349 g/mol. The molecule has 7 heteroatoms. The molecule has 1 saturated heterocycles. The van der Waals surface area contributed by atoms with Crippen LogP contribution in [-0.2, 0) is 11.3 Å². The molecule has 2 aliphatic rings. The van der Waals surface area contributed by atoms with Gasteiger partial charge in [-0.3, -0.25) is 4.79 Å². The van der Waals surface area contributed by atoms with Crippen molar-refractivity contribution in [3.8, 4) is 11.5 Å². The van der Waals surface area contributed by atoms with Gasteiger partial charge in [0.1, 0.15) is 11.6 Å². The van der Waals surface area contributed by atoms with E-state index in [0.717, 1.165) is 31.9 Å². The van der Waals surface area contributed by atoms with Crippen LogP contribution < -0.4 is 24.6 Å². The van der Waals surface area contributed by atoms with E-state index in [9.17, 15) is 9.18 Å². The van der Waals surface area contributed by atoms with E-state index in [0.29, 0.717) is 22.7 Å². The van der Waals surface area contributed by atoms with Crippen LogP contribution in [0.5, 0.6) is 11.5 Å². The number of piperazine rings is 1. The number of nitrogens with zero attached hydrogens (tertiary/aromatic N) is 2. The highest BCUT2D eigenvalue weighted by molar-refractivity contribution is 5.99. The van der Waals surface area contributed by atoms with Crippen molar-refractivity contribution in [1.82, 2.24) is 5.32 Å². The second-order valence-electron chi connectivity index (χ2n) is 6.59. The number of fused-ring (bicyclic) bond motifs is 1. The molecule has 0 saturated carbocycles. The van der Waals surface area contributed by atoms with Gasteiger partial charge in [0.2, 0.25) is 0 Å². The smallest absolute Gasteiger partial charge is 0.265 e. The van der Waals surface area contributed by atoms with Crippen molar-refractivity contribution < 1.29 is 18.7 Å². The SMILES string of the molecule is COc1cc(N2CCNCC2)c2c(c1)N(Cc1ccccc1F)C(=O)CO2.